The average Bonchev–Trinajstić information content (AvgIpc) is 2.66. The second-order valence-corrected chi connectivity index (χ2v) is 7.52. The van der Waals surface area contributed by atoms with E-state index in [9.17, 15) is 22.8 Å². The Morgan fingerprint density at radius 1 is 1.00 bits per heavy atom. The van der Waals surface area contributed by atoms with E-state index < -0.39 is 29.0 Å². The van der Waals surface area contributed by atoms with E-state index in [4.69, 9.17) is 0 Å². The Balaban J connectivity index is 1.66. The van der Waals surface area contributed by atoms with Crippen LogP contribution in [0.25, 0.3) is 0 Å². The molecule has 1 atom stereocenters. The number of thioether (sulfide) groups is 1. The molecule has 3 aromatic rings. The van der Waals surface area contributed by atoms with Crippen molar-refractivity contribution in [2.24, 2.45) is 0 Å². The van der Waals surface area contributed by atoms with Crippen LogP contribution in [0.4, 0.5) is 19.0 Å². The summed E-state index contributed by atoms with van der Waals surface area (Å²) in [5.41, 5.74) is 0.679. The Morgan fingerprint density at radius 3 is 2.38 bits per heavy atom. The summed E-state index contributed by atoms with van der Waals surface area (Å²) in [6.45, 7) is 0. The van der Waals surface area contributed by atoms with Gasteiger partial charge in [-0.1, -0.05) is 23.9 Å². The first kappa shape index (κ1) is 19.3. The Bertz CT molecular complexity index is 1130. The van der Waals surface area contributed by atoms with E-state index >= 15 is 0 Å². The molecule has 0 fully saturated rings. The number of nitrogens with zero attached hydrogens (tertiary/aromatic N) is 1. The second kappa shape index (κ2) is 7.75. The summed E-state index contributed by atoms with van der Waals surface area (Å²) < 4.78 is 40.3. The number of hydrogen-bond donors (Lipinski definition) is 2. The fraction of sp³-hybridized carbons (Fsp3) is 0.150. The van der Waals surface area contributed by atoms with E-state index in [2.05, 4.69) is 15.3 Å². The number of aromatic amines is 1. The lowest BCUT2D eigenvalue weighted by Gasteiger charge is -2.24. The third kappa shape index (κ3) is 4.19. The minimum atomic E-state index is -0.809. The molecule has 1 amide bonds. The Hall–Kier alpha value is -3.07. The van der Waals surface area contributed by atoms with Crippen molar-refractivity contribution in [1.29, 1.82) is 0 Å². The van der Waals surface area contributed by atoms with Crippen LogP contribution in [0.3, 0.4) is 0 Å². The number of amides is 1. The van der Waals surface area contributed by atoms with Gasteiger partial charge in [0.25, 0.3) is 5.56 Å². The molecule has 0 spiro atoms. The van der Waals surface area contributed by atoms with Gasteiger partial charge in [-0.15, -0.1) is 0 Å². The van der Waals surface area contributed by atoms with Crippen LogP contribution in [0.1, 0.15) is 29.0 Å². The zero-order chi connectivity index (χ0) is 20.5. The number of nitrogens with one attached hydrogen (secondary N) is 2. The summed E-state index contributed by atoms with van der Waals surface area (Å²) in [6.07, 6.45) is -0.122. The molecule has 1 aliphatic rings. The smallest absolute Gasteiger partial charge is 0.257 e. The Labute approximate surface area is 167 Å². The minimum Gasteiger partial charge on any atom is -0.310 e. The molecular weight excluding hydrogens is 403 g/mol. The Kier molecular flexibility index (Phi) is 5.14. The van der Waals surface area contributed by atoms with Crippen molar-refractivity contribution in [3.8, 4) is 0 Å². The topological polar surface area (TPSA) is 74.8 Å². The molecule has 0 saturated carbocycles. The van der Waals surface area contributed by atoms with Crippen LogP contribution in [0.5, 0.6) is 0 Å². The highest BCUT2D eigenvalue weighted by Gasteiger charge is 2.31. The molecule has 0 unspecified atom stereocenters. The highest BCUT2D eigenvalue weighted by molar-refractivity contribution is 7.98. The highest BCUT2D eigenvalue weighted by Crippen LogP contribution is 2.35. The standard InChI is InChI=1S/C20H14F3N3O2S/c21-12-3-1-10(2-4-12)9-29-20-25-18-17(19(28)26-20)15(8-16(27)24-18)11-5-13(22)7-14(23)6-11/h1-7,15H,8-9H2,(H2,24,25,26,27,28)/t15-/m0/s1. The van der Waals surface area contributed by atoms with Gasteiger partial charge < -0.3 is 10.3 Å². The zero-order valence-corrected chi connectivity index (χ0v) is 15.7. The van der Waals surface area contributed by atoms with Gasteiger partial charge in [0.2, 0.25) is 5.91 Å². The van der Waals surface area contributed by atoms with Crippen molar-refractivity contribution in [3.63, 3.8) is 0 Å². The van der Waals surface area contributed by atoms with Gasteiger partial charge in [0, 0.05) is 24.2 Å². The molecule has 5 nitrogen and oxygen atoms in total. The lowest BCUT2D eigenvalue weighted by Crippen LogP contribution is -2.31. The maximum Gasteiger partial charge on any atom is 0.257 e. The fourth-order valence-corrected chi connectivity index (χ4v) is 4.03. The fourth-order valence-electron chi connectivity index (χ4n) is 3.21. The SMILES string of the molecule is O=C1C[C@@H](c2cc(F)cc(F)c2)c2c(nc(SCc3ccc(F)cc3)[nH]c2=O)N1. The molecule has 2 aromatic carbocycles. The molecule has 0 saturated heterocycles. The molecule has 148 valence electrons. The summed E-state index contributed by atoms with van der Waals surface area (Å²) in [4.78, 5) is 31.8. The molecule has 0 radical (unpaired) electrons. The van der Waals surface area contributed by atoms with E-state index in [0.717, 1.165) is 23.8 Å². The van der Waals surface area contributed by atoms with Crippen LogP contribution in [0.2, 0.25) is 0 Å². The first-order valence-corrected chi connectivity index (χ1v) is 9.65. The molecule has 0 bridgehead atoms. The van der Waals surface area contributed by atoms with E-state index in [1.54, 1.807) is 12.1 Å². The quantitative estimate of drug-likeness (QED) is 0.498. The number of H-pyrrole nitrogens is 1. The average molecular weight is 417 g/mol. The predicted molar refractivity (Wildman–Crippen MR) is 102 cm³/mol. The highest BCUT2D eigenvalue weighted by atomic mass is 32.2. The number of rotatable bonds is 4. The summed E-state index contributed by atoms with van der Waals surface area (Å²) in [7, 11) is 0. The molecule has 0 aliphatic carbocycles. The first-order valence-electron chi connectivity index (χ1n) is 8.66. The number of carbonyl (C=O) groups excluding carboxylic acids is 1. The van der Waals surface area contributed by atoms with Gasteiger partial charge in [-0.25, -0.2) is 18.2 Å². The van der Waals surface area contributed by atoms with Gasteiger partial charge in [-0.05, 0) is 35.4 Å². The maximum atomic E-state index is 13.6. The molecule has 1 aliphatic heterocycles. The summed E-state index contributed by atoms with van der Waals surface area (Å²) in [5, 5.41) is 2.82. The largest absolute Gasteiger partial charge is 0.310 e. The monoisotopic (exact) mass is 417 g/mol. The van der Waals surface area contributed by atoms with Crippen molar-refractivity contribution in [1.82, 2.24) is 9.97 Å². The van der Waals surface area contributed by atoms with Crippen LogP contribution in [-0.2, 0) is 10.5 Å². The third-order valence-corrected chi connectivity index (χ3v) is 5.45. The molecule has 2 heterocycles. The third-order valence-electron chi connectivity index (χ3n) is 4.51. The number of hydrogen-bond acceptors (Lipinski definition) is 4. The first-order chi connectivity index (χ1) is 13.9. The van der Waals surface area contributed by atoms with Crippen LogP contribution < -0.4 is 10.9 Å². The summed E-state index contributed by atoms with van der Waals surface area (Å²) in [6, 6.07) is 8.85. The molecular formula is C20H14F3N3O2S. The number of fused-ring (bicyclic) bond motifs is 1. The molecule has 4 rings (SSSR count). The summed E-state index contributed by atoms with van der Waals surface area (Å²) in [5.74, 6) is -2.64. The second-order valence-electron chi connectivity index (χ2n) is 6.56. The number of aromatic nitrogens is 2. The molecule has 2 N–H and O–H groups in total. The maximum absolute atomic E-state index is 13.6. The van der Waals surface area contributed by atoms with Gasteiger partial charge in [-0.3, -0.25) is 9.59 Å². The van der Waals surface area contributed by atoms with Crippen molar-refractivity contribution in [2.45, 2.75) is 23.2 Å². The normalized spacial score (nSPS) is 15.7. The van der Waals surface area contributed by atoms with E-state index in [-0.39, 0.29) is 34.3 Å². The van der Waals surface area contributed by atoms with Crippen molar-refractivity contribution in [2.75, 3.05) is 5.32 Å². The molecule has 29 heavy (non-hydrogen) atoms. The van der Waals surface area contributed by atoms with Crippen molar-refractivity contribution in [3.05, 3.63) is 87.0 Å². The molecule has 1 aromatic heterocycles. The molecule has 9 heteroatoms. The van der Waals surface area contributed by atoms with Crippen LogP contribution in [-0.4, -0.2) is 15.9 Å². The van der Waals surface area contributed by atoms with Gasteiger partial charge in [0.1, 0.15) is 23.3 Å². The predicted octanol–water partition coefficient (Wildman–Crippen LogP) is 3.95. The van der Waals surface area contributed by atoms with Crippen molar-refractivity contribution < 1.29 is 18.0 Å². The van der Waals surface area contributed by atoms with Crippen molar-refractivity contribution >= 4 is 23.5 Å². The van der Waals surface area contributed by atoms with Crippen LogP contribution in [0.15, 0.2) is 52.4 Å². The van der Waals surface area contributed by atoms with Gasteiger partial charge in [0.05, 0.1) is 5.56 Å². The lowest BCUT2D eigenvalue weighted by molar-refractivity contribution is -0.116. The van der Waals surface area contributed by atoms with E-state index in [1.807, 2.05) is 0 Å². The summed E-state index contributed by atoms with van der Waals surface area (Å²) >= 11 is 1.21. The minimum absolute atomic E-state index is 0.0706. The van der Waals surface area contributed by atoms with Gasteiger partial charge in [-0.2, -0.15) is 0 Å². The van der Waals surface area contributed by atoms with Crippen LogP contribution in [0, 0.1) is 17.5 Å². The van der Waals surface area contributed by atoms with Gasteiger partial charge in [0.15, 0.2) is 5.16 Å². The zero-order valence-electron chi connectivity index (χ0n) is 14.8. The number of benzene rings is 2. The number of halogens is 3. The number of carbonyl (C=O) groups is 1. The Morgan fingerprint density at radius 2 is 1.69 bits per heavy atom. The van der Waals surface area contributed by atoms with Crippen LogP contribution >= 0.6 is 11.8 Å². The van der Waals surface area contributed by atoms with E-state index in [0.29, 0.717) is 5.75 Å². The van der Waals surface area contributed by atoms with E-state index in [1.165, 1.54) is 23.9 Å². The van der Waals surface area contributed by atoms with Gasteiger partial charge >= 0.3 is 0 Å². The lowest BCUT2D eigenvalue weighted by atomic mass is 9.87. The number of anilines is 1.